The third kappa shape index (κ3) is 3.22. The van der Waals surface area contributed by atoms with Crippen LogP contribution in [0.25, 0.3) is 16.8 Å². The highest BCUT2D eigenvalue weighted by Gasteiger charge is 2.21. The zero-order valence-corrected chi connectivity index (χ0v) is 15.9. The Hall–Kier alpha value is -2.10. The lowest BCUT2D eigenvalue weighted by Crippen LogP contribution is -2.25. The van der Waals surface area contributed by atoms with Gasteiger partial charge >= 0.3 is 5.16 Å². The maximum absolute atomic E-state index is 12.0. The highest BCUT2D eigenvalue weighted by molar-refractivity contribution is 7.92. The highest BCUT2D eigenvalue weighted by atomic mass is 32.2. The fraction of sp³-hybridized carbons (Fsp3) is 0.250. The Balaban J connectivity index is 2.31. The van der Waals surface area contributed by atoms with Crippen LogP contribution in [0.5, 0.6) is 0 Å². The molecular formula is C16H18N4O3S2. The van der Waals surface area contributed by atoms with Crippen molar-refractivity contribution in [2.75, 3.05) is 23.9 Å². The molecule has 1 aromatic carbocycles. The van der Waals surface area contributed by atoms with E-state index in [1.165, 1.54) is 17.6 Å². The summed E-state index contributed by atoms with van der Waals surface area (Å²) in [5.74, 6) is 0. The lowest BCUT2D eigenvalue weighted by atomic mass is 10.1. The number of aryl methyl sites for hydroxylation is 1. The molecule has 0 bridgehead atoms. The molecule has 2 heterocycles. The van der Waals surface area contributed by atoms with E-state index in [0.717, 1.165) is 28.6 Å². The highest BCUT2D eigenvalue weighted by Crippen LogP contribution is 2.34. The van der Waals surface area contributed by atoms with Gasteiger partial charge < -0.3 is 4.55 Å². The SMILES string of the molecule is Cc1cc2cnc([S+](C)[O-])nn2c1-c1ccccc1N(C)S(C)(=O)=O. The Labute approximate surface area is 149 Å². The van der Waals surface area contributed by atoms with Gasteiger partial charge in [0, 0.05) is 23.8 Å². The van der Waals surface area contributed by atoms with E-state index in [1.807, 2.05) is 25.1 Å². The summed E-state index contributed by atoms with van der Waals surface area (Å²) in [4.78, 5) is 4.11. The zero-order valence-electron chi connectivity index (χ0n) is 14.3. The molecule has 0 saturated heterocycles. The van der Waals surface area contributed by atoms with E-state index in [4.69, 9.17) is 0 Å². The number of fused-ring (bicyclic) bond motifs is 1. The number of anilines is 1. The predicted molar refractivity (Wildman–Crippen MR) is 98.7 cm³/mol. The van der Waals surface area contributed by atoms with Crippen LogP contribution < -0.4 is 4.31 Å². The molecule has 132 valence electrons. The predicted octanol–water partition coefficient (Wildman–Crippen LogP) is 1.84. The zero-order chi connectivity index (χ0) is 18.4. The van der Waals surface area contributed by atoms with Crippen molar-refractivity contribution in [3.63, 3.8) is 0 Å². The van der Waals surface area contributed by atoms with Crippen molar-refractivity contribution in [2.45, 2.75) is 12.1 Å². The van der Waals surface area contributed by atoms with Crippen LogP contribution in [0.1, 0.15) is 5.56 Å². The van der Waals surface area contributed by atoms with Gasteiger partial charge in [-0.15, -0.1) is 0 Å². The van der Waals surface area contributed by atoms with E-state index in [-0.39, 0.29) is 5.16 Å². The van der Waals surface area contributed by atoms with Gasteiger partial charge in [-0.25, -0.2) is 12.9 Å². The van der Waals surface area contributed by atoms with Crippen LogP contribution in [0.15, 0.2) is 41.7 Å². The number of para-hydroxylation sites is 1. The van der Waals surface area contributed by atoms with Gasteiger partial charge in [0.15, 0.2) is 0 Å². The Morgan fingerprint density at radius 2 is 1.96 bits per heavy atom. The second-order valence-corrected chi connectivity index (χ2v) is 9.04. The van der Waals surface area contributed by atoms with Gasteiger partial charge in [-0.05, 0) is 24.6 Å². The molecule has 0 aliphatic heterocycles. The van der Waals surface area contributed by atoms with Crippen molar-refractivity contribution in [2.24, 2.45) is 0 Å². The molecular weight excluding hydrogens is 360 g/mol. The van der Waals surface area contributed by atoms with Crippen molar-refractivity contribution in [1.29, 1.82) is 0 Å². The van der Waals surface area contributed by atoms with Crippen LogP contribution in [0.2, 0.25) is 0 Å². The van der Waals surface area contributed by atoms with E-state index >= 15 is 0 Å². The molecule has 0 fully saturated rings. The molecule has 0 N–H and O–H groups in total. The maximum Gasteiger partial charge on any atom is 0.359 e. The number of aromatic nitrogens is 3. The van der Waals surface area contributed by atoms with E-state index < -0.39 is 21.2 Å². The molecule has 0 radical (unpaired) electrons. The van der Waals surface area contributed by atoms with Gasteiger partial charge in [0.05, 0.1) is 29.4 Å². The average Bonchev–Trinajstić information content (AvgIpc) is 2.88. The van der Waals surface area contributed by atoms with Crippen molar-refractivity contribution < 1.29 is 13.0 Å². The number of rotatable bonds is 4. The molecule has 0 aliphatic carbocycles. The van der Waals surface area contributed by atoms with Crippen molar-refractivity contribution in [1.82, 2.24) is 14.6 Å². The summed E-state index contributed by atoms with van der Waals surface area (Å²) in [6.45, 7) is 1.92. The Morgan fingerprint density at radius 1 is 1.28 bits per heavy atom. The van der Waals surface area contributed by atoms with Crippen LogP contribution in [0.4, 0.5) is 5.69 Å². The monoisotopic (exact) mass is 378 g/mol. The quantitative estimate of drug-likeness (QED) is 0.646. The second-order valence-electron chi connectivity index (χ2n) is 5.76. The minimum Gasteiger partial charge on any atom is -0.609 e. The molecule has 7 nitrogen and oxygen atoms in total. The van der Waals surface area contributed by atoms with E-state index in [0.29, 0.717) is 5.69 Å². The van der Waals surface area contributed by atoms with Gasteiger partial charge in [-0.2, -0.15) is 4.98 Å². The summed E-state index contributed by atoms with van der Waals surface area (Å²) in [6, 6.07) is 9.13. The molecule has 3 aromatic rings. The summed E-state index contributed by atoms with van der Waals surface area (Å²) < 4.78 is 38.6. The molecule has 25 heavy (non-hydrogen) atoms. The van der Waals surface area contributed by atoms with Crippen molar-refractivity contribution >= 4 is 32.4 Å². The van der Waals surface area contributed by atoms with E-state index in [1.54, 1.807) is 22.8 Å². The van der Waals surface area contributed by atoms with Gasteiger partial charge in [-0.1, -0.05) is 23.3 Å². The minimum absolute atomic E-state index is 0.221. The summed E-state index contributed by atoms with van der Waals surface area (Å²) >= 11 is -1.32. The lowest BCUT2D eigenvalue weighted by molar-refractivity contribution is 0.586. The van der Waals surface area contributed by atoms with Crippen LogP contribution in [0.3, 0.4) is 0 Å². The molecule has 0 amide bonds. The van der Waals surface area contributed by atoms with Gasteiger partial charge in [0.2, 0.25) is 10.0 Å². The number of benzene rings is 1. The summed E-state index contributed by atoms with van der Waals surface area (Å²) in [5, 5.41) is 4.59. The molecule has 1 atom stereocenters. The normalized spacial score (nSPS) is 13.2. The number of sulfonamides is 1. The first-order valence-electron chi connectivity index (χ1n) is 7.42. The molecule has 0 saturated carbocycles. The smallest absolute Gasteiger partial charge is 0.359 e. The van der Waals surface area contributed by atoms with Crippen LogP contribution >= 0.6 is 0 Å². The molecule has 1 unspecified atom stereocenters. The van der Waals surface area contributed by atoms with E-state index in [9.17, 15) is 13.0 Å². The maximum atomic E-state index is 12.0. The third-order valence-corrected chi connectivity index (χ3v) is 5.83. The number of hydrogen-bond donors (Lipinski definition) is 0. The number of hydrogen-bond acceptors (Lipinski definition) is 5. The van der Waals surface area contributed by atoms with Crippen molar-refractivity contribution in [3.05, 3.63) is 42.1 Å². The molecule has 9 heteroatoms. The van der Waals surface area contributed by atoms with Crippen LogP contribution in [-0.4, -0.2) is 47.1 Å². The molecule has 0 spiro atoms. The van der Waals surface area contributed by atoms with Gasteiger partial charge in [-0.3, -0.25) is 4.31 Å². The Morgan fingerprint density at radius 3 is 2.60 bits per heavy atom. The first kappa shape index (κ1) is 17.7. The largest absolute Gasteiger partial charge is 0.609 e. The second kappa shape index (κ2) is 6.32. The fourth-order valence-electron chi connectivity index (χ4n) is 2.67. The standard InChI is InChI=1S/C16H18N4O3S2/c1-11-9-12-10-17-16(24(3)21)18-20(12)15(11)13-7-5-6-8-14(13)19(2)25(4,22)23/h5-10H,1-4H3. The lowest BCUT2D eigenvalue weighted by Gasteiger charge is -2.20. The third-order valence-electron chi connectivity index (χ3n) is 3.94. The first-order chi connectivity index (χ1) is 11.7. The summed E-state index contributed by atoms with van der Waals surface area (Å²) in [6.07, 6.45) is 4.29. The van der Waals surface area contributed by atoms with Gasteiger partial charge in [0.1, 0.15) is 6.26 Å². The van der Waals surface area contributed by atoms with Crippen LogP contribution in [0, 0.1) is 6.92 Å². The Kier molecular flexibility index (Phi) is 4.48. The van der Waals surface area contributed by atoms with Crippen molar-refractivity contribution in [3.8, 4) is 11.3 Å². The molecule has 2 aromatic heterocycles. The average molecular weight is 378 g/mol. The fourth-order valence-corrected chi connectivity index (χ4v) is 3.58. The summed E-state index contributed by atoms with van der Waals surface area (Å²) in [5.41, 5.74) is 3.68. The van der Waals surface area contributed by atoms with Gasteiger partial charge in [0.25, 0.3) is 0 Å². The molecule has 3 rings (SSSR count). The Bertz CT molecular complexity index is 1040. The minimum atomic E-state index is -3.41. The first-order valence-corrected chi connectivity index (χ1v) is 10.8. The topological polar surface area (TPSA) is 90.6 Å². The number of nitrogens with zero attached hydrogens (tertiary/aromatic N) is 4. The van der Waals surface area contributed by atoms with Crippen LogP contribution in [-0.2, 0) is 21.2 Å². The van der Waals surface area contributed by atoms with E-state index in [2.05, 4.69) is 10.1 Å². The summed E-state index contributed by atoms with van der Waals surface area (Å²) in [7, 11) is -1.90. The molecule has 0 aliphatic rings.